The Morgan fingerprint density at radius 3 is 2.71 bits per heavy atom. The number of hydrogen-bond acceptors (Lipinski definition) is 2. The molecule has 1 atom stereocenters. The molecular formula is C11H21NO2. The van der Waals surface area contributed by atoms with Gasteiger partial charge in [0, 0.05) is 6.54 Å². The molecular weight excluding hydrogens is 178 g/mol. The lowest BCUT2D eigenvalue weighted by molar-refractivity contribution is 0.157. The van der Waals surface area contributed by atoms with Crippen molar-refractivity contribution in [1.29, 1.82) is 0 Å². The Morgan fingerprint density at radius 1 is 1.50 bits per heavy atom. The zero-order chi connectivity index (χ0) is 10.6. The first-order valence-electron chi connectivity index (χ1n) is 5.54. The maximum Gasteiger partial charge on any atom is 0.410 e. The summed E-state index contributed by atoms with van der Waals surface area (Å²) in [6.45, 7) is 7.91. The molecule has 0 aliphatic carbocycles. The lowest BCUT2D eigenvalue weighted by Crippen LogP contribution is -2.32. The molecule has 0 unspecified atom stereocenters. The number of amides is 1. The van der Waals surface area contributed by atoms with Gasteiger partial charge in [-0.1, -0.05) is 26.7 Å². The van der Waals surface area contributed by atoms with Crippen LogP contribution in [0.25, 0.3) is 0 Å². The van der Waals surface area contributed by atoms with Crippen LogP contribution in [0.1, 0.15) is 40.0 Å². The molecule has 1 saturated heterocycles. The van der Waals surface area contributed by atoms with Crippen LogP contribution in [0, 0.1) is 5.92 Å². The summed E-state index contributed by atoms with van der Waals surface area (Å²) in [7, 11) is 0. The summed E-state index contributed by atoms with van der Waals surface area (Å²) in [5.41, 5.74) is 0. The number of ether oxygens (including phenoxy) is 1. The van der Waals surface area contributed by atoms with E-state index >= 15 is 0 Å². The van der Waals surface area contributed by atoms with Gasteiger partial charge in [0.05, 0.1) is 6.04 Å². The van der Waals surface area contributed by atoms with Gasteiger partial charge >= 0.3 is 6.09 Å². The van der Waals surface area contributed by atoms with Gasteiger partial charge in [-0.15, -0.1) is 0 Å². The molecule has 1 rings (SSSR count). The van der Waals surface area contributed by atoms with Gasteiger partial charge in [-0.05, 0) is 19.3 Å². The van der Waals surface area contributed by atoms with Crippen molar-refractivity contribution in [3.8, 4) is 0 Å². The molecule has 0 aromatic rings. The Balaban J connectivity index is 2.14. The number of hydrogen-bond donors (Lipinski definition) is 0. The zero-order valence-electron chi connectivity index (χ0n) is 9.45. The Hall–Kier alpha value is -0.730. The molecule has 1 aliphatic rings. The van der Waals surface area contributed by atoms with Crippen molar-refractivity contribution < 1.29 is 9.53 Å². The van der Waals surface area contributed by atoms with E-state index in [1.807, 2.05) is 11.8 Å². The van der Waals surface area contributed by atoms with Crippen LogP contribution >= 0.6 is 0 Å². The highest BCUT2D eigenvalue weighted by molar-refractivity contribution is 5.69. The first-order valence-corrected chi connectivity index (χ1v) is 5.54. The summed E-state index contributed by atoms with van der Waals surface area (Å²) < 4.78 is 4.94. The van der Waals surface area contributed by atoms with Crippen molar-refractivity contribution in [2.24, 2.45) is 5.92 Å². The minimum Gasteiger partial charge on any atom is -0.447 e. The number of rotatable bonds is 5. The largest absolute Gasteiger partial charge is 0.447 e. The van der Waals surface area contributed by atoms with Gasteiger partial charge in [0.25, 0.3) is 0 Å². The Bertz CT molecular complexity index is 192. The average molecular weight is 199 g/mol. The second-order valence-electron chi connectivity index (χ2n) is 4.51. The van der Waals surface area contributed by atoms with E-state index < -0.39 is 0 Å². The van der Waals surface area contributed by atoms with E-state index in [0.29, 0.717) is 6.61 Å². The molecule has 0 N–H and O–H groups in total. The van der Waals surface area contributed by atoms with Crippen LogP contribution in [-0.4, -0.2) is 30.2 Å². The lowest BCUT2D eigenvalue weighted by Gasteiger charge is -2.17. The van der Waals surface area contributed by atoms with Crippen LogP contribution in [0.4, 0.5) is 4.79 Å². The number of carbonyl (C=O) groups excluding carboxylic acids is 1. The van der Waals surface area contributed by atoms with E-state index in [0.717, 1.165) is 18.9 Å². The zero-order valence-corrected chi connectivity index (χ0v) is 9.45. The van der Waals surface area contributed by atoms with Gasteiger partial charge in [-0.25, -0.2) is 4.79 Å². The third-order valence-electron chi connectivity index (χ3n) is 2.65. The van der Waals surface area contributed by atoms with E-state index in [1.54, 1.807) is 0 Å². The predicted octanol–water partition coefficient (Wildman–Crippen LogP) is 2.65. The smallest absolute Gasteiger partial charge is 0.410 e. The molecule has 1 heterocycles. The molecule has 1 aliphatic heterocycles. The maximum atomic E-state index is 11.2. The van der Waals surface area contributed by atoms with Crippen LogP contribution in [0.15, 0.2) is 0 Å². The summed E-state index contributed by atoms with van der Waals surface area (Å²) in [6, 6.07) is 0.265. The van der Waals surface area contributed by atoms with Crippen molar-refractivity contribution in [3.63, 3.8) is 0 Å². The quantitative estimate of drug-likeness (QED) is 0.637. The van der Waals surface area contributed by atoms with Crippen molar-refractivity contribution >= 4 is 6.09 Å². The van der Waals surface area contributed by atoms with Gasteiger partial charge in [0.15, 0.2) is 0 Å². The summed E-state index contributed by atoms with van der Waals surface area (Å²) in [6.07, 6.45) is 3.41. The topological polar surface area (TPSA) is 29.5 Å². The molecule has 0 bridgehead atoms. The summed E-state index contributed by atoms with van der Waals surface area (Å²) in [5, 5.41) is 0. The highest BCUT2D eigenvalue weighted by Gasteiger charge is 2.28. The normalized spacial score (nSPS) is 21.9. The maximum absolute atomic E-state index is 11.2. The summed E-state index contributed by atoms with van der Waals surface area (Å²) in [4.78, 5) is 13.1. The Kier molecular flexibility index (Phi) is 4.23. The standard InChI is InChI=1S/C11H21NO2/c1-9(2)6-4-5-7-12-10(3)8-14-11(12)13/h9-10H,4-8H2,1-3H3/t10-/m0/s1. The van der Waals surface area contributed by atoms with Crippen LogP contribution in [0.3, 0.4) is 0 Å². The third kappa shape index (κ3) is 3.20. The number of unbranched alkanes of at least 4 members (excludes halogenated alkanes) is 1. The minimum absolute atomic E-state index is 0.137. The monoisotopic (exact) mass is 199 g/mol. The average Bonchev–Trinajstić information content (AvgIpc) is 2.42. The van der Waals surface area contributed by atoms with Gasteiger partial charge < -0.3 is 9.64 Å². The SMILES string of the molecule is CC(C)CCCCN1C(=O)OC[C@@H]1C. The Morgan fingerprint density at radius 2 is 2.21 bits per heavy atom. The molecule has 3 nitrogen and oxygen atoms in total. The van der Waals surface area contributed by atoms with Crippen LogP contribution in [0.5, 0.6) is 0 Å². The van der Waals surface area contributed by atoms with E-state index in [9.17, 15) is 4.79 Å². The number of cyclic esters (lactones) is 1. The molecule has 14 heavy (non-hydrogen) atoms. The first-order chi connectivity index (χ1) is 6.61. The van der Waals surface area contributed by atoms with Crippen LogP contribution < -0.4 is 0 Å². The number of nitrogens with zero attached hydrogens (tertiary/aromatic N) is 1. The second kappa shape index (κ2) is 5.23. The third-order valence-corrected chi connectivity index (χ3v) is 2.65. The minimum atomic E-state index is -0.137. The van der Waals surface area contributed by atoms with Crippen LogP contribution in [0.2, 0.25) is 0 Å². The van der Waals surface area contributed by atoms with E-state index in [1.165, 1.54) is 12.8 Å². The lowest BCUT2D eigenvalue weighted by atomic mass is 10.1. The van der Waals surface area contributed by atoms with Gasteiger partial charge in [0.1, 0.15) is 6.61 Å². The van der Waals surface area contributed by atoms with Crippen LogP contribution in [-0.2, 0) is 4.74 Å². The highest BCUT2D eigenvalue weighted by atomic mass is 16.6. The first kappa shape index (κ1) is 11.3. The molecule has 1 amide bonds. The molecule has 0 saturated carbocycles. The van der Waals surface area contributed by atoms with E-state index in [4.69, 9.17) is 4.74 Å². The van der Waals surface area contributed by atoms with Gasteiger partial charge in [0.2, 0.25) is 0 Å². The molecule has 3 heteroatoms. The molecule has 0 radical (unpaired) electrons. The van der Waals surface area contributed by atoms with E-state index in [-0.39, 0.29) is 12.1 Å². The molecule has 82 valence electrons. The molecule has 1 fully saturated rings. The highest BCUT2D eigenvalue weighted by Crippen LogP contribution is 2.14. The van der Waals surface area contributed by atoms with Crippen molar-refractivity contribution in [1.82, 2.24) is 4.90 Å². The fraction of sp³-hybridized carbons (Fsp3) is 0.909. The second-order valence-corrected chi connectivity index (χ2v) is 4.51. The van der Waals surface area contributed by atoms with Crippen molar-refractivity contribution in [2.45, 2.75) is 46.1 Å². The van der Waals surface area contributed by atoms with Gasteiger partial charge in [-0.3, -0.25) is 0 Å². The number of carbonyl (C=O) groups is 1. The molecule has 0 aromatic heterocycles. The predicted molar refractivity (Wildman–Crippen MR) is 56.2 cm³/mol. The Labute approximate surface area is 86.4 Å². The summed E-state index contributed by atoms with van der Waals surface area (Å²) >= 11 is 0. The molecule has 0 spiro atoms. The van der Waals surface area contributed by atoms with Gasteiger partial charge in [-0.2, -0.15) is 0 Å². The van der Waals surface area contributed by atoms with E-state index in [2.05, 4.69) is 13.8 Å². The fourth-order valence-electron chi connectivity index (χ4n) is 1.69. The van der Waals surface area contributed by atoms with Crippen molar-refractivity contribution in [3.05, 3.63) is 0 Å². The fourth-order valence-corrected chi connectivity index (χ4v) is 1.69. The molecule has 0 aromatic carbocycles. The summed E-state index contributed by atoms with van der Waals surface area (Å²) in [5.74, 6) is 0.762. The van der Waals surface area contributed by atoms with Crippen molar-refractivity contribution in [2.75, 3.05) is 13.2 Å².